The second-order valence-electron chi connectivity index (χ2n) is 4.94. The molecule has 1 atom stereocenters. The van der Waals surface area contributed by atoms with Gasteiger partial charge in [-0.05, 0) is 32.1 Å². The quantitative estimate of drug-likeness (QED) is 0.801. The lowest BCUT2D eigenvalue weighted by molar-refractivity contribution is -0.122. The summed E-state index contributed by atoms with van der Waals surface area (Å²) in [5, 5.41) is 19.6. The van der Waals surface area contributed by atoms with Crippen molar-refractivity contribution in [1.29, 1.82) is 0 Å². The Kier molecular flexibility index (Phi) is 3.96. The number of carbonyl (C=O) groups is 1. The smallest absolute Gasteiger partial charge is 0.226 e. The summed E-state index contributed by atoms with van der Waals surface area (Å²) >= 11 is 0. The Morgan fingerprint density at radius 3 is 2.78 bits per heavy atom. The first kappa shape index (κ1) is 13.0. The number of aryl methyl sites for hydroxylation is 1. The van der Waals surface area contributed by atoms with E-state index in [-0.39, 0.29) is 24.5 Å². The van der Waals surface area contributed by atoms with E-state index in [2.05, 4.69) is 20.3 Å². The fourth-order valence-corrected chi connectivity index (χ4v) is 2.33. The van der Waals surface area contributed by atoms with Gasteiger partial charge in [0.05, 0.1) is 12.5 Å². The van der Waals surface area contributed by atoms with Crippen molar-refractivity contribution in [1.82, 2.24) is 15.6 Å². The van der Waals surface area contributed by atoms with Gasteiger partial charge in [0.15, 0.2) is 0 Å². The fraction of sp³-hybridized carbons (Fsp3) is 0.750. The van der Waals surface area contributed by atoms with Crippen LogP contribution < -0.4 is 5.32 Å². The van der Waals surface area contributed by atoms with Gasteiger partial charge in [-0.25, -0.2) is 4.63 Å². The third-order valence-corrected chi connectivity index (χ3v) is 3.58. The molecule has 1 aliphatic carbocycles. The maximum atomic E-state index is 11.9. The Morgan fingerprint density at radius 2 is 2.28 bits per heavy atom. The number of hydrogen-bond donors (Lipinski definition) is 2. The average molecular weight is 253 g/mol. The van der Waals surface area contributed by atoms with Crippen LogP contribution in [-0.4, -0.2) is 33.5 Å². The van der Waals surface area contributed by atoms with E-state index in [4.69, 9.17) is 0 Å². The van der Waals surface area contributed by atoms with E-state index in [1.807, 2.05) is 6.92 Å². The van der Waals surface area contributed by atoms with E-state index in [0.717, 1.165) is 19.3 Å². The lowest BCUT2D eigenvalue weighted by Crippen LogP contribution is -2.47. The molecule has 1 fully saturated rings. The lowest BCUT2D eigenvalue weighted by atomic mass is 9.76. The van der Waals surface area contributed by atoms with Crippen molar-refractivity contribution in [3.63, 3.8) is 0 Å². The highest BCUT2D eigenvalue weighted by atomic mass is 16.6. The molecule has 0 radical (unpaired) electrons. The number of rotatable bonds is 5. The predicted octanol–water partition coefficient (Wildman–Crippen LogP) is 0.586. The van der Waals surface area contributed by atoms with Crippen LogP contribution >= 0.6 is 0 Å². The van der Waals surface area contributed by atoms with Crippen molar-refractivity contribution in [2.45, 2.75) is 51.7 Å². The van der Waals surface area contributed by atoms with Crippen LogP contribution in [0.1, 0.15) is 37.6 Å². The van der Waals surface area contributed by atoms with Crippen LogP contribution in [0.2, 0.25) is 0 Å². The molecule has 1 aromatic rings. The molecule has 1 amide bonds. The van der Waals surface area contributed by atoms with Crippen molar-refractivity contribution >= 4 is 5.91 Å². The van der Waals surface area contributed by atoms with Crippen LogP contribution in [0.25, 0.3) is 0 Å². The Morgan fingerprint density at radius 1 is 1.56 bits per heavy atom. The summed E-state index contributed by atoms with van der Waals surface area (Å²) in [6, 6.07) is 0.140. The van der Waals surface area contributed by atoms with Gasteiger partial charge >= 0.3 is 0 Å². The lowest BCUT2D eigenvalue weighted by Gasteiger charge is -2.37. The maximum Gasteiger partial charge on any atom is 0.226 e. The van der Waals surface area contributed by atoms with Crippen molar-refractivity contribution in [2.24, 2.45) is 5.92 Å². The van der Waals surface area contributed by atoms with Gasteiger partial charge in [0.25, 0.3) is 0 Å². The molecular weight excluding hydrogens is 234 g/mol. The van der Waals surface area contributed by atoms with Gasteiger partial charge in [0, 0.05) is 6.04 Å². The van der Waals surface area contributed by atoms with Crippen LogP contribution in [0.3, 0.4) is 0 Å². The van der Waals surface area contributed by atoms with Gasteiger partial charge in [0.2, 0.25) is 5.91 Å². The van der Waals surface area contributed by atoms with Gasteiger partial charge in [-0.2, -0.15) is 0 Å². The minimum absolute atomic E-state index is 0.0676. The molecule has 1 heterocycles. The highest BCUT2D eigenvalue weighted by Gasteiger charge is 2.33. The van der Waals surface area contributed by atoms with Crippen molar-refractivity contribution in [2.75, 3.05) is 0 Å². The number of nitrogens with zero attached hydrogens (tertiary/aromatic N) is 2. The SMILES string of the molecule is CCC(NC(=O)Cc1nonc1C)C1CC(O)C1. The first-order chi connectivity index (χ1) is 8.60. The monoisotopic (exact) mass is 253 g/mol. The van der Waals surface area contributed by atoms with Gasteiger partial charge in [-0.3, -0.25) is 4.79 Å². The first-order valence-corrected chi connectivity index (χ1v) is 6.35. The summed E-state index contributed by atoms with van der Waals surface area (Å²) in [6.45, 7) is 3.80. The first-order valence-electron chi connectivity index (χ1n) is 6.35. The molecule has 2 N–H and O–H groups in total. The van der Waals surface area contributed by atoms with E-state index >= 15 is 0 Å². The average Bonchev–Trinajstić information content (AvgIpc) is 2.68. The molecule has 2 rings (SSSR count). The summed E-state index contributed by atoms with van der Waals surface area (Å²) in [7, 11) is 0. The molecule has 1 unspecified atom stereocenters. The van der Waals surface area contributed by atoms with Gasteiger partial charge < -0.3 is 10.4 Å². The predicted molar refractivity (Wildman–Crippen MR) is 63.7 cm³/mol. The Hall–Kier alpha value is -1.43. The minimum atomic E-state index is -0.192. The highest BCUT2D eigenvalue weighted by molar-refractivity contribution is 5.78. The number of aromatic nitrogens is 2. The van der Waals surface area contributed by atoms with Crippen molar-refractivity contribution in [3.8, 4) is 0 Å². The molecule has 0 aliphatic heterocycles. The molecule has 0 aromatic carbocycles. The standard InChI is InChI=1S/C12H19N3O3/c1-3-10(8-4-9(16)5-8)13-12(17)6-11-7(2)14-18-15-11/h8-10,16H,3-6H2,1-2H3,(H,13,17). The molecule has 1 aliphatic rings. The molecule has 18 heavy (non-hydrogen) atoms. The zero-order valence-corrected chi connectivity index (χ0v) is 10.7. The molecule has 0 bridgehead atoms. The van der Waals surface area contributed by atoms with Gasteiger partial charge in [-0.1, -0.05) is 17.2 Å². The Bertz CT molecular complexity index is 412. The highest BCUT2D eigenvalue weighted by Crippen LogP contribution is 2.31. The van der Waals surface area contributed by atoms with Crippen LogP contribution in [0.4, 0.5) is 0 Å². The largest absolute Gasteiger partial charge is 0.393 e. The second-order valence-corrected chi connectivity index (χ2v) is 4.94. The fourth-order valence-electron chi connectivity index (χ4n) is 2.33. The maximum absolute atomic E-state index is 11.9. The third-order valence-electron chi connectivity index (χ3n) is 3.58. The molecular formula is C12H19N3O3. The summed E-state index contributed by atoms with van der Waals surface area (Å²) < 4.78 is 4.56. The van der Waals surface area contributed by atoms with E-state index in [1.54, 1.807) is 6.92 Å². The number of hydrogen-bond acceptors (Lipinski definition) is 5. The summed E-state index contributed by atoms with van der Waals surface area (Å²) in [6.07, 6.45) is 2.44. The minimum Gasteiger partial charge on any atom is -0.393 e. The molecule has 0 spiro atoms. The molecule has 1 aromatic heterocycles. The van der Waals surface area contributed by atoms with Gasteiger partial charge in [-0.15, -0.1) is 0 Å². The van der Waals surface area contributed by atoms with Gasteiger partial charge in [0.1, 0.15) is 11.4 Å². The van der Waals surface area contributed by atoms with Crippen LogP contribution in [0.5, 0.6) is 0 Å². The second kappa shape index (κ2) is 5.48. The van der Waals surface area contributed by atoms with Crippen LogP contribution in [0, 0.1) is 12.8 Å². The van der Waals surface area contributed by atoms with E-state index in [9.17, 15) is 9.90 Å². The van der Waals surface area contributed by atoms with Crippen molar-refractivity contribution in [3.05, 3.63) is 11.4 Å². The number of aliphatic hydroxyl groups is 1. The summed E-state index contributed by atoms with van der Waals surface area (Å²) in [4.78, 5) is 11.9. The zero-order chi connectivity index (χ0) is 13.1. The molecule has 6 nitrogen and oxygen atoms in total. The van der Waals surface area contributed by atoms with E-state index < -0.39 is 0 Å². The van der Waals surface area contributed by atoms with Crippen LogP contribution in [-0.2, 0) is 11.2 Å². The Labute approximate surface area is 106 Å². The number of amides is 1. The van der Waals surface area contributed by atoms with E-state index in [0.29, 0.717) is 17.3 Å². The molecule has 100 valence electrons. The summed E-state index contributed by atoms with van der Waals surface area (Å²) in [5.41, 5.74) is 1.23. The van der Waals surface area contributed by atoms with Crippen molar-refractivity contribution < 1.29 is 14.5 Å². The topological polar surface area (TPSA) is 88.3 Å². The third kappa shape index (κ3) is 2.87. The summed E-state index contributed by atoms with van der Waals surface area (Å²) in [5.74, 6) is 0.326. The molecule has 0 saturated heterocycles. The normalized spacial score (nSPS) is 24.4. The molecule has 1 saturated carbocycles. The number of carbonyl (C=O) groups excluding carboxylic acids is 1. The number of aliphatic hydroxyl groups excluding tert-OH is 1. The van der Waals surface area contributed by atoms with E-state index in [1.165, 1.54) is 0 Å². The zero-order valence-electron chi connectivity index (χ0n) is 10.7. The number of nitrogens with one attached hydrogen (secondary N) is 1. The van der Waals surface area contributed by atoms with Crippen LogP contribution in [0.15, 0.2) is 4.63 Å². The Balaban J connectivity index is 1.84. The molecule has 6 heteroatoms.